The second-order valence-corrected chi connectivity index (χ2v) is 4.05. The SMILES string of the molecule is Cc1ccccc1[N+](=O)[O-].O=[N+]([O-])c1ccccc1[N+](=O)[O-]. The van der Waals surface area contributed by atoms with Crippen LogP contribution in [0.15, 0.2) is 48.5 Å². The highest BCUT2D eigenvalue weighted by Gasteiger charge is 2.21. The number of aryl methyl sites for hydroxylation is 1. The maximum atomic E-state index is 10.2. The van der Waals surface area contributed by atoms with Crippen molar-refractivity contribution < 1.29 is 14.8 Å². The van der Waals surface area contributed by atoms with E-state index in [9.17, 15) is 30.3 Å². The summed E-state index contributed by atoms with van der Waals surface area (Å²) >= 11 is 0. The number of nitrogens with zero attached hydrogens (tertiary/aromatic N) is 3. The van der Waals surface area contributed by atoms with Gasteiger partial charge in [-0.1, -0.05) is 30.3 Å². The van der Waals surface area contributed by atoms with Crippen molar-refractivity contribution >= 4 is 17.1 Å². The number of nitro groups is 3. The third-order valence-corrected chi connectivity index (χ3v) is 2.59. The van der Waals surface area contributed by atoms with Crippen LogP contribution in [0.1, 0.15) is 5.56 Å². The van der Waals surface area contributed by atoms with Gasteiger partial charge in [0.2, 0.25) is 0 Å². The molecule has 0 atom stereocenters. The smallest absolute Gasteiger partial charge is 0.258 e. The fourth-order valence-electron chi connectivity index (χ4n) is 1.54. The van der Waals surface area contributed by atoms with Crippen LogP contribution in [0.4, 0.5) is 17.1 Å². The molecule has 0 saturated heterocycles. The summed E-state index contributed by atoms with van der Waals surface area (Å²) in [6.07, 6.45) is 0. The van der Waals surface area contributed by atoms with Gasteiger partial charge in [-0.3, -0.25) is 30.3 Å². The topological polar surface area (TPSA) is 129 Å². The van der Waals surface area contributed by atoms with E-state index in [0.717, 1.165) is 12.1 Å². The van der Waals surface area contributed by atoms with Crippen molar-refractivity contribution in [1.82, 2.24) is 0 Å². The molecule has 2 aromatic rings. The highest BCUT2D eigenvalue weighted by atomic mass is 16.6. The van der Waals surface area contributed by atoms with Crippen LogP contribution in [0.3, 0.4) is 0 Å². The monoisotopic (exact) mass is 305 g/mol. The van der Waals surface area contributed by atoms with E-state index in [0.29, 0.717) is 5.56 Å². The highest BCUT2D eigenvalue weighted by molar-refractivity contribution is 5.51. The lowest BCUT2D eigenvalue weighted by atomic mass is 10.2. The fraction of sp³-hybridized carbons (Fsp3) is 0.0769. The third kappa shape index (κ3) is 4.34. The highest BCUT2D eigenvalue weighted by Crippen LogP contribution is 2.24. The molecule has 0 amide bonds. The molecular formula is C13H11N3O6. The van der Waals surface area contributed by atoms with E-state index >= 15 is 0 Å². The summed E-state index contributed by atoms with van der Waals surface area (Å²) in [5, 5.41) is 30.7. The molecule has 2 aromatic carbocycles. The summed E-state index contributed by atoms with van der Waals surface area (Å²) in [5.74, 6) is 0. The van der Waals surface area contributed by atoms with Gasteiger partial charge in [0.15, 0.2) is 0 Å². The van der Waals surface area contributed by atoms with Crippen LogP contribution in [0.25, 0.3) is 0 Å². The molecule has 0 aliphatic rings. The summed E-state index contributed by atoms with van der Waals surface area (Å²) in [4.78, 5) is 28.7. The second-order valence-electron chi connectivity index (χ2n) is 4.05. The molecule has 0 saturated carbocycles. The van der Waals surface area contributed by atoms with Gasteiger partial charge < -0.3 is 0 Å². The van der Waals surface area contributed by atoms with E-state index in [1.165, 1.54) is 18.2 Å². The minimum absolute atomic E-state index is 0.183. The molecule has 2 rings (SSSR count). The summed E-state index contributed by atoms with van der Waals surface area (Å²) in [6, 6.07) is 11.6. The van der Waals surface area contributed by atoms with Gasteiger partial charge in [-0.05, 0) is 6.92 Å². The van der Waals surface area contributed by atoms with Gasteiger partial charge in [0.05, 0.1) is 14.8 Å². The molecule has 0 aliphatic heterocycles. The van der Waals surface area contributed by atoms with E-state index in [2.05, 4.69) is 0 Å². The Morgan fingerprint density at radius 2 is 0.955 bits per heavy atom. The van der Waals surface area contributed by atoms with Crippen LogP contribution in [0.2, 0.25) is 0 Å². The van der Waals surface area contributed by atoms with E-state index < -0.39 is 21.2 Å². The summed E-state index contributed by atoms with van der Waals surface area (Å²) < 4.78 is 0. The van der Waals surface area contributed by atoms with Gasteiger partial charge in [0, 0.05) is 23.8 Å². The van der Waals surface area contributed by atoms with Crippen molar-refractivity contribution in [2.24, 2.45) is 0 Å². The van der Waals surface area contributed by atoms with Crippen LogP contribution >= 0.6 is 0 Å². The van der Waals surface area contributed by atoms with Crippen molar-refractivity contribution in [3.63, 3.8) is 0 Å². The lowest BCUT2D eigenvalue weighted by Gasteiger charge is -1.92. The van der Waals surface area contributed by atoms with E-state index in [-0.39, 0.29) is 10.6 Å². The average molecular weight is 305 g/mol. The Kier molecular flexibility index (Phi) is 5.64. The summed E-state index contributed by atoms with van der Waals surface area (Å²) in [6.45, 7) is 1.72. The second kappa shape index (κ2) is 7.43. The van der Waals surface area contributed by atoms with Crippen molar-refractivity contribution in [3.8, 4) is 0 Å². The van der Waals surface area contributed by atoms with Crippen molar-refractivity contribution in [2.45, 2.75) is 6.92 Å². The van der Waals surface area contributed by atoms with Crippen molar-refractivity contribution in [2.75, 3.05) is 0 Å². The van der Waals surface area contributed by atoms with Gasteiger partial charge >= 0.3 is 11.4 Å². The largest absolute Gasteiger partial charge is 0.346 e. The van der Waals surface area contributed by atoms with Crippen LogP contribution < -0.4 is 0 Å². The van der Waals surface area contributed by atoms with E-state index in [1.54, 1.807) is 25.1 Å². The quantitative estimate of drug-likeness (QED) is 0.631. The predicted molar refractivity (Wildman–Crippen MR) is 77.6 cm³/mol. The number of hydrogen-bond donors (Lipinski definition) is 0. The molecule has 0 unspecified atom stereocenters. The first-order chi connectivity index (χ1) is 10.3. The van der Waals surface area contributed by atoms with Gasteiger partial charge in [-0.15, -0.1) is 0 Å². The number of rotatable bonds is 3. The third-order valence-electron chi connectivity index (χ3n) is 2.59. The van der Waals surface area contributed by atoms with Crippen LogP contribution in [0.5, 0.6) is 0 Å². The number of hydrogen-bond acceptors (Lipinski definition) is 6. The molecular weight excluding hydrogens is 294 g/mol. The minimum Gasteiger partial charge on any atom is -0.258 e. The number of nitro benzene ring substituents is 3. The Balaban J connectivity index is 0.000000224. The Labute approximate surface area is 124 Å². The molecule has 9 nitrogen and oxygen atoms in total. The number of para-hydroxylation sites is 3. The normalized spacial score (nSPS) is 9.32. The molecule has 0 aliphatic carbocycles. The first-order valence-corrected chi connectivity index (χ1v) is 5.92. The molecule has 114 valence electrons. The van der Waals surface area contributed by atoms with Crippen LogP contribution in [-0.2, 0) is 0 Å². The van der Waals surface area contributed by atoms with Gasteiger partial charge in [-0.2, -0.15) is 0 Å². The van der Waals surface area contributed by atoms with Gasteiger partial charge in [0.1, 0.15) is 0 Å². The average Bonchev–Trinajstić information content (AvgIpc) is 2.48. The zero-order valence-corrected chi connectivity index (χ0v) is 11.4. The molecule has 22 heavy (non-hydrogen) atoms. The molecule has 0 radical (unpaired) electrons. The minimum atomic E-state index is -0.780. The Morgan fingerprint density at radius 1 is 0.636 bits per heavy atom. The van der Waals surface area contributed by atoms with Crippen LogP contribution in [0, 0.1) is 37.3 Å². The standard InChI is InChI=1S/C7H7NO2.C6H4N2O4/c1-6-4-2-3-5-7(6)8(9)10;9-7(10)5-3-1-2-4-6(5)8(11)12/h2-5H,1H3;1-4H. The Morgan fingerprint density at radius 3 is 1.23 bits per heavy atom. The molecule has 0 heterocycles. The maximum absolute atomic E-state index is 10.2. The number of benzene rings is 2. The van der Waals surface area contributed by atoms with E-state index in [4.69, 9.17) is 0 Å². The van der Waals surface area contributed by atoms with E-state index in [1.807, 2.05) is 0 Å². The Hall–Kier alpha value is -3.36. The molecule has 0 aromatic heterocycles. The molecule has 0 fully saturated rings. The zero-order chi connectivity index (χ0) is 16.7. The Bertz CT molecular complexity index is 683. The van der Waals surface area contributed by atoms with Crippen molar-refractivity contribution in [3.05, 3.63) is 84.4 Å². The summed E-state index contributed by atoms with van der Waals surface area (Å²) in [5.41, 5.74) is -0.0833. The predicted octanol–water partition coefficient (Wildman–Crippen LogP) is 3.41. The fourth-order valence-corrected chi connectivity index (χ4v) is 1.54. The molecule has 9 heteroatoms. The lowest BCUT2D eigenvalue weighted by Crippen LogP contribution is -1.95. The molecule has 0 bridgehead atoms. The van der Waals surface area contributed by atoms with Gasteiger partial charge in [0.25, 0.3) is 5.69 Å². The molecule has 0 N–H and O–H groups in total. The van der Waals surface area contributed by atoms with Gasteiger partial charge in [-0.25, -0.2) is 0 Å². The zero-order valence-electron chi connectivity index (χ0n) is 11.4. The maximum Gasteiger partial charge on any atom is 0.346 e. The first kappa shape index (κ1) is 16.7. The summed E-state index contributed by atoms with van der Waals surface area (Å²) in [7, 11) is 0. The molecule has 0 spiro atoms. The van der Waals surface area contributed by atoms with Crippen LogP contribution in [-0.4, -0.2) is 14.8 Å². The lowest BCUT2D eigenvalue weighted by molar-refractivity contribution is -0.422. The first-order valence-electron chi connectivity index (χ1n) is 5.92. The van der Waals surface area contributed by atoms with Crippen molar-refractivity contribution in [1.29, 1.82) is 0 Å².